The van der Waals surface area contributed by atoms with Crippen molar-refractivity contribution in [1.82, 2.24) is 4.90 Å². The molecular weight excluding hydrogens is 246 g/mol. The second-order valence-electron chi connectivity index (χ2n) is 6.68. The summed E-state index contributed by atoms with van der Waals surface area (Å²) < 4.78 is 0. The van der Waals surface area contributed by atoms with Crippen LogP contribution in [0.4, 0.5) is 0 Å². The molecule has 1 aliphatic heterocycles. The van der Waals surface area contributed by atoms with Crippen LogP contribution in [0.3, 0.4) is 0 Å². The van der Waals surface area contributed by atoms with Gasteiger partial charge in [-0.1, -0.05) is 20.8 Å². The lowest BCUT2D eigenvalue weighted by molar-refractivity contribution is -0.138. The maximum absolute atomic E-state index is 11.0. The van der Waals surface area contributed by atoms with Crippen molar-refractivity contribution < 1.29 is 9.90 Å². The minimum absolute atomic E-state index is 0.239. The van der Waals surface area contributed by atoms with Crippen LogP contribution in [-0.2, 0) is 4.79 Å². The molecule has 0 amide bonds. The van der Waals surface area contributed by atoms with E-state index in [2.05, 4.69) is 25.7 Å². The monoisotopic (exact) mass is 271 g/mol. The van der Waals surface area contributed by atoms with Gasteiger partial charge in [0.2, 0.25) is 0 Å². The maximum atomic E-state index is 11.0. The summed E-state index contributed by atoms with van der Waals surface area (Å²) in [6.45, 7) is 8.08. The van der Waals surface area contributed by atoms with Crippen molar-refractivity contribution in [2.24, 2.45) is 11.3 Å². The van der Waals surface area contributed by atoms with E-state index in [1.165, 1.54) is 12.8 Å². The zero-order chi connectivity index (χ0) is 13.3. The Morgan fingerprint density at radius 2 is 2.17 bits per heavy atom. The second kappa shape index (κ2) is 5.41. The van der Waals surface area contributed by atoms with E-state index in [4.69, 9.17) is 5.11 Å². The van der Waals surface area contributed by atoms with Crippen LogP contribution < -0.4 is 0 Å². The maximum Gasteiger partial charge on any atom is 0.304 e. The van der Waals surface area contributed by atoms with Crippen LogP contribution in [-0.4, -0.2) is 46.1 Å². The Bertz CT molecular complexity index is 319. The molecule has 104 valence electrons. The standard InChI is InChI=1S/C14H25NO2S/c1-10-7-14(2,3)8-12(10)15-4-5-18-9-11(15)6-13(16)17/h10-12H,4-9H2,1-3H3,(H,16,17). The van der Waals surface area contributed by atoms with E-state index >= 15 is 0 Å². The molecule has 2 fully saturated rings. The van der Waals surface area contributed by atoms with E-state index in [1.54, 1.807) is 0 Å². The molecule has 3 nitrogen and oxygen atoms in total. The van der Waals surface area contributed by atoms with Gasteiger partial charge in [0.05, 0.1) is 6.42 Å². The normalized spacial score (nSPS) is 36.7. The van der Waals surface area contributed by atoms with Gasteiger partial charge < -0.3 is 5.11 Å². The number of carbonyl (C=O) groups is 1. The Morgan fingerprint density at radius 1 is 1.44 bits per heavy atom. The van der Waals surface area contributed by atoms with Crippen LogP contribution in [0, 0.1) is 11.3 Å². The number of carboxylic acids is 1. The summed E-state index contributed by atoms with van der Waals surface area (Å²) in [5.74, 6) is 2.17. The Labute approximate surface area is 114 Å². The van der Waals surface area contributed by atoms with Gasteiger partial charge >= 0.3 is 5.97 Å². The van der Waals surface area contributed by atoms with Gasteiger partial charge in [-0.2, -0.15) is 11.8 Å². The summed E-state index contributed by atoms with van der Waals surface area (Å²) >= 11 is 1.90. The first kappa shape index (κ1) is 14.2. The molecule has 18 heavy (non-hydrogen) atoms. The van der Waals surface area contributed by atoms with Gasteiger partial charge in [-0.3, -0.25) is 9.69 Å². The summed E-state index contributed by atoms with van der Waals surface area (Å²) in [6, 6.07) is 0.827. The van der Waals surface area contributed by atoms with E-state index in [1.807, 2.05) is 11.8 Å². The van der Waals surface area contributed by atoms with Gasteiger partial charge in [-0.15, -0.1) is 0 Å². The Hall–Kier alpha value is -0.220. The fourth-order valence-electron chi connectivity index (χ4n) is 3.78. The Balaban J connectivity index is 2.07. The average Bonchev–Trinajstić information content (AvgIpc) is 2.52. The zero-order valence-electron chi connectivity index (χ0n) is 11.7. The number of aliphatic carboxylic acids is 1. The van der Waals surface area contributed by atoms with Gasteiger partial charge in [0.1, 0.15) is 0 Å². The third-order valence-corrected chi connectivity index (χ3v) is 5.49. The molecule has 0 aromatic heterocycles. The third-order valence-electron chi connectivity index (χ3n) is 4.40. The molecule has 0 radical (unpaired) electrons. The van der Waals surface area contributed by atoms with E-state index < -0.39 is 5.97 Å². The zero-order valence-corrected chi connectivity index (χ0v) is 12.5. The van der Waals surface area contributed by atoms with Gasteiger partial charge in [0, 0.05) is 30.1 Å². The molecule has 0 aromatic carbocycles. The Kier molecular flexibility index (Phi) is 4.27. The quantitative estimate of drug-likeness (QED) is 0.857. The molecule has 0 aromatic rings. The molecule has 0 bridgehead atoms. The van der Waals surface area contributed by atoms with Crippen molar-refractivity contribution in [3.63, 3.8) is 0 Å². The molecule has 4 heteroatoms. The molecule has 1 aliphatic carbocycles. The van der Waals surface area contributed by atoms with Crippen molar-refractivity contribution in [3.8, 4) is 0 Å². The largest absolute Gasteiger partial charge is 0.481 e. The fraction of sp³-hybridized carbons (Fsp3) is 0.929. The van der Waals surface area contributed by atoms with Crippen LogP contribution >= 0.6 is 11.8 Å². The number of hydrogen-bond donors (Lipinski definition) is 1. The van der Waals surface area contributed by atoms with Crippen molar-refractivity contribution in [2.45, 2.75) is 52.1 Å². The SMILES string of the molecule is CC1CC(C)(C)CC1N1CCSCC1CC(=O)O. The molecule has 1 saturated heterocycles. The first-order valence-corrected chi connectivity index (χ1v) is 8.10. The molecule has 2 aliphatic rings. The van der Waals surface area contributed by atoms with Gasteiger partial charge in [0.15, 0.2) is 0 Å². The van der Waals surface area contributed by atoms with E-state index in [0.29, 0.717) is 23.8 Å². The highest BCUT2D eigenvalue weighted by molar-refractivity contribution is 7.99. The predicted octanol–water partition coefficient (Wildman–Crippen LogP) is 2.70. The first-order chi connectivity index (χ1) is 8.39. The lowest BCUT2D eigenvalue weighted by Gasteiger charge is -2.41. The summed E-state index contributed by atoms with van der Waals surface area (Å²) in [5, 5.41) is 9.06. The van der Waals surface area contributed by atoms with Crippen molar-refractivity contribution in [1.29, 1.82) is 0 Å². The minimum atomic E-state index is -0.655. The molecule has 0 spiro atoms. The number of nitrogens with zero attached hydrogens (tertiary/aromatic N) is 1. The van der Waals surface area contributed by atoms with Gasteiger partial charge in [-0.25, -0.2) is 0 Å². The predicted molar refractivity (Wildman–Crippen MR) is 76.0 cm³/mol. The Morgan fingerprint density at radius 3 is 2.72 bits per heavy atom. The minimum Gasteiger partial charge on any atom is -0.481 e. The lowest BCUT2D eigenvalue weighted by Crippen LogP contribution is -2.50. The molecule has 1 saturated carbocycles. The molecule has 1 heterocycles. The van der Waals surface area contributed by atoms with Crippen molar-refractivity contribution in [2.75, 3.05) is 18.1 Å². The fourth-order valence-corrected chi connectivity index (χ4v) is 4.87. The third kappa shape index (κ3) is 3.21. The van der Waals surface area contributed by atoms with Crippen molar-refractivity contribution >= 4 is 17.7 Å². The van der Waals surface area contributed by atoms with Crippen LogP contribution in [0.1, 0.15) is 40.0 Å². The highest BCUT2D eigenvalue weighted by Gasteiger charge is 2.42. The lowest BCUT2D eigenvalue weighted by atomic mass is 9.91. The van der Waals surface area contributed by atoms with Gasteiger partial charge in [0.25, 0.3) is 0 Å². The molecule has 3 atom stereocenters. The summed E-state index contributed by atoms with van der Waals surface area (Å²) in [4.78, 5) is 13.5. The summed E-state index contributed by atoms with van der Waals surface area (Å²) in [6.07, 6.45) is 2.78. The summed E-state index contributed by atoms with van der Waals surface area (Å²) in [5.41, 5.74) is 0.419. The molecule has 2 rings (SSSR count). The van der Waals surface area contributed by atoms with Crippen LogP contribution in [0.2, 0.25) is 0 Å². The van der Waals surface area contributed by atoms with E-state index in [9.17, 15) is 4.79 Å². The number of hydrogen-bond acceptors (Lipinski definition) is 3. The average molecular weight is 271 g/mol. The second-order valence-corrected chi connectivity index (χ2v) is 7.83. The number of carboxylic acid groups (broad SMARTS) is 1. The molecule has 3 unspecified atom stereocenters. The topological polar surface area (TPSA) is 40.5 Å². The van der Waals surface area contributed by atoms with E-state index in [-0.39, 0.29) is 6.04 Å². The number of thioether (sulfide) groups is 1. The van der Waals surface area contributed by atoms with E-state index in [0.717, 1.165) is 18.1 Å². The van der Waals surface area contributed by atoms with Crippen LogP contribution in [0.15, 0.2) is 0 Å². The van der Waals surface area contributed by atoms with Crippen LogP contribution in [0.5, 0.6) is 0 Å². The highest BCUT2D eigenvalue weighted by Crippen LogP contribution is 2.44. The molecule has 1 N–H and O–H groups in total. The smallest absolute Gasteiger partial charge is 0.304 e. The molecular formula is C14H25NO2S. The first-order valence-electron chi connectivity index (χ1n) is 6.94. The highest BCUT2D eigenvalue weighted by atomic mass is 32.2. The van der Waals surface area contributed by atoms with Gasteiger partial charge in [-0.05, 0) is 24.2 Å². The number of rotatable bonds is 3. The van der Waals surface area contributed by atoms with Crippen LogP contribution in [0.25, 0.3) is 0 Å². The van der Waals surface area contributed by atoms with Crippen molar-refractivity contribution in [3.05, 3.63) is 0 Å². The summed E-state index contributed by atoms with van der Waals surface area (Å²) in [7, 11) is 0.